The first kappa shape index (κ1) is 62.6. The molecule has 2 saturated heterocycles. The molecule has 0 spiro atoms. The number of hydrogen-bond donors (Lipinski definition) is 4. The van der Waals surface area contributed by atoms with Crippen molar-refractivity contribution >= 4 is 58.1 Å². The number of benzene rings is 2. The van der Waals surface area contributed by atoms with Crippen LogP contribution in [0.25, 0.3) is 20.9 Å². The number of carbonyl (C=O) groups excluding carboxylic acids is 6. The van der Waals surface area contributed by atoms with E-state index in [9.17, 15) is 28.8 Å². The molecule has 2 aliphatic heterocycles. The van der Waals surface area contributed by atoms with E-state index in [2.05, 4.69) is 31.2 Å². The van der Waals surface area contributed by atoms with Crippen LogP contribution in [0.2, 0.25) is 0 Å². The summed E-state index contributed by atoms with van der Waals surface area (Å²) in [6.07, 6.45) is 6.44. The summed E-state index contributed by atoms with van der Waals surface area (Å²) < 4.78 is 22.8. The van der Waals surface area contributed by atoms with Crippen LogP contribution >= 0.6 is 22.7 Å². The molecule has 6 amide bonds. The standard InChI is InChI=1S/C59H84N8O10S2/c1-40-50(78-38-62-40)44-22-18-42(19-23-44)34-60-54(70)46-16-12-26-66(46)56(72)52(58(3,4)5)64-48(68)36-76-32-14-30-74-28-10-9-11-29-75-31-15-33-77-37-49(69)65-53(59(6,7)8)57(73)67-27-13-17-47(67)55(71)61-35-43-20-24-45(25-21-43)51-41(2)63-39-79-51/h18-25,38-39,46-47,52-53H,9-17,26-37H2,1-8H3,(H,60,70)(H,61,71)(H,64,68)(H,65,69)/t46-,47-,52+,53?/m0/s1. The Morgan fingerprint density at radius 1 is 0.544 bits per heavy atom. The molecule has 2 aromatic carbocycles. The molecule has 79 heavy (non-hydrogen) atoms. The van der Waals surface area contributed by atoms with Gasteiger partial charge in [0.05, 0.1) is 32.2 Å². The third kappa shape index (κ3) is 19.3. The molecule has 0 aliphatic carbocycles. The highest BCUT2D eigenvalue weighted by Crippen LogP contribution is 2.30. The molecular weight excluding hydrogens is 1040 g/mol. The van der Waals surface area contributed by atoms with Gasteiger partial charge in [-0.2, -0.15) is 0 Å². The number of amides is 6. The number of likely N-dealkylation sites (tertiary alicyclic amines) is 2. The van der Waals surface area contributed by atoms with Gasteiger partial charge in [-0.3, -0.25) is 28.8 Å². The average molecular weight is 1130 g/mol. The van der Waals surface area contributed by atoms with Crippen LogP contribution in [0.5, 0.6) is 0 Å². The Bertz CT molecular complexity index is 2420. The summed E-state index contributed by atoms with van der Waals surface area (Å²) >= 11 is 3.19. The van der Waals surface area contributed by atoms with Gasteiger partial charge in [-0.1, -0.05) is 90.1 Å². The van der Waals surface area contributed by atoms with Crippen molar-refractivity contribution in [2.45, 2.75) is 150 Å². The molecule has 2 aromatic heterocycles. The van der Waals surface area contributed by atoms with Crippen LogP contribution in [0.15, 0.2) is 59.6 Å². The Labute approximate surface area is 474 Å². The molecule has 432 valence electrons. The first-order valence-electron chi connectivity index (χ1n) is 27.9. The molecule has 0 saturated carbocycles. The van der Waals surface area contributed by atoms with Crippen molar-refractivity contribution in [2.24, 2.45) is 10.8 Å². The topological polar surface area (TPSA) is 220 Å². The van der Waals surface area contributed by atoms with Gasteiger partial charge in [0.25, 0.3) is 0 Å². The molecule has 4 N–H and O–H groups in total. The van der Waals surface area contributed by atoms with E-state index in [0.29, 0.717) is 104 Å². The van der Waals surface area contributed by atoms with Gasteiger partial charge < -0.3 is 50.0 Å². The third-order valence-electron chi connectivity index (χ3n) is 14.1. The molecule has 4 atom stereocenters. The maximum absolute atomic E-state index is 13.9. The summed E-state index contributed by atoms with van der Waals surface area (Å²) in [6, 6.07) is 13.2. The lowest BCUT2D eigenvalue weighted by Gasteiger charge is -2.35. The Morgan fingerprint density at radius 2 is 0.911 bits per heavy atom. The van der Waals surface area contributed by atoms with Crippen LogP contribution in [0.3, 0.4) is 0 Å². The maximum Gasteiger partial charge on any atom is 0.246 e. The monoisotopic (exact) mass is 1130 g/mol. The minimum Gasteiger partial charge on any atom is -0.381 e. The zero-order chi connectivity index (χ0) is 57.0. The van der Waals surface area contributed by atoms with Gasteiger partial charge in [0, 0.05) is 65.8 Å². The molecule has 6 rings (SSSR count). The van der Waals surface area contributed by atoms with Crippen molar-refractivity contribution in [3.8, 4) is 20.9 Å². The molecule has 0 radical (unpaired) electrons. The Hall–Kier alpha value is -5.64. The normalized spacial score (nSPS) is 16.4. The fraction of sp³-hybridized carbons (Fsp3) is 0.593. The summed E-state index contributed by atoms with van der Waals surface area (Å²) in [4.78, 5) is 94.8. The predicted molar refractivity (Wildman–Crippen MR) is 307 cm³/mol. The second kappa shape index (κ2) is 30.8. The van der Waals surface area contributed by atoms with Crippen LogP contribution in [0.4, 0.5) is 0 Å². The lowest BCUT2D eigenvalue weighted by Crippen LogP contribution is -2.58. The first-order chi connectivity index (χ1) is 37.8. The van der Waals surface area contributed by atoms with E-state index < -0.39 is 46.8 Å². The quantitative estimate of drug-likeness (QED) is 0.0372. The predicted octanol–water partition coefficient (Wildman–Crippen LogP) is 7.54. The van der Waals surface area contributed by atoms with Crippen molar-refractivity contribution in [3.05, 3.63) is 82.1 Å². The highest BCUT2D eigenvalue weighted by molar-refractivity contribution is 7.13. The van der Waals surface area contributed by atoms with Crippen LogP contribution in [0.1, 0.15) is 122 Å². The third-order valence-corrected chi connectivity index (χ3v) is 16.0. The lowest BCUT2D eigenvalue weighted by molar-refractivity contribution is -0.144. The number of hydrogen-bond acceptors (Lipinski definition) is 14. The number of thiazole rings is 2. The summed E-state index contributed by atoms with van der Waals surface area (Å²) in [7, 11) is 0. The van der Waals surface area contributed by atoms with Crippen molar-refractivity contribution in [1.82, 2.24) is 41.0 Å². The Balaban J connectivity index is 0.759. The smallest absolute Gasteiger partial charge is 0.246 e. The number of carbonyl (C=O) groups is 6. The first-order valence-corrected chi connectivity index (χ1v) is 29.6. The second-order valence-electron chi connectivity index (χ2n) is 22.6. The highest BCUT2D eigenvalue weighted by Gasteiger charge is 2.43. The minimum absolute atomic E-state index is 0.191. The van der Waals surface area contributed by atoms with Crippen LogP contribution < -0.4 is 21.3 Å². The molecule has 2 fully saturated rings. The minimum atomic E-state index is -0.832. The number of aryl methyl sites for hydroxylation is 2. The molecule has 4 heterocycles. The number of ether oxygens (including phenoxy) is 4. The average Bonchev–Trinajstić information content (AvgIpc) is 4.33. The van der Waals surface area contributed by atoms with Crippen molar-refractivity contribution in [1.29, 1.82) is 0 Å². The van der Waals surface area contributed by atoms with Crippen molar-refractivity contribution < 1.29 is 47.7 Å². The summed E-state index contributed by atoms with van der Waals surface area (Å²) in [5, 5.41) is 11.8. The van der Waals surface area contributed by atoms with Crippen LogP contribution in [-0.2, 0) is 60.8 Å². The zero-order valence-corrected chi connectivity index (χ0v) is 49.3. The SMILES string of the molecule is Cc1ncsc1-c1ccc(CNC(=O)[C@@H]2CCCN2C(=O)C(NC(=O)COCCCOCCCCCOCCCOCC(=O)N[C@H](C(=O)N2CCC[C@H]2C(=O)NCc2ccc(-c3scnc3C)cc2)C(C)(C)C)C(C)(C)C)cc1. The van der Waals surface area contributed by atoms with Gasteiger partial charge in [-0.05, 0) is 105 Å². The summed E-state index contributed by atoms with van der Waals surface area (Å²) in [5.74, 6) is -1.75. The van der Waals surface area contributed by atoms with Gasteiger partial charge >= 0.3 is 0 Å². The molecule has 2 aliphatic rings. The van der Waals surface area contributed by atoms with Gasteiger partial charge in [0.1, 0.15) is 37.4 Å². The number of unbranched alkanes of at least 4 members (excludes halogenated alkanes) is 2. The van der Waals surface area contributed by atoms with E-state index in [1.54, 1.807) is 32.5 Å². The Kier molecular flexibility index (Phi) is 24.4. The molecule has 1 unspecified atom stereocenters. The molecule has 20 heteroatoms. The molecule has 18 nitrogen and oxygen atoms in total. The van der Waals surface area contributed by atoms with E-state index in [1.807, 2.05) is 115 Å². The van der Waals surface area contributed by atoms with E-state index in [-0.39, 0.29) is 36.8 Å². The number of aromatic nitrogens is 2. The van der Waals surface area contributed by atoms with E-state index >= 15 is 0 Å². The van der Waals surface area contributed by atoms with Gasteiger partial charge in [-0.25, -0.2) is 9.97 Å². The Morgan fingerprint density at radius 3 is 1.27 bits per heavy atom. The number of nitrogens with zero attached hydrogens (tertiary/aromatic N) is 4. The molecule has 4 aromatic rings. The lowest BCUT2D eigenvalue weighted by atomic mass is 9.85. The van der Waals surface area contributed by atoms with Crippen LogP contribution in [0, 0.1) is 24.7 Å². The largest absolute Gasteiger partial charge is 0.381 e. The zero-order valence-electron chi connectivity index (χ0n) is 47.6. The summed E-state index contributed by atoms with van der Waals surface area (Å²) in [5.41, 5.74) is 8.51. The second-order valence-corrected chi connectivity index (χ2v) is 24.3. The van der Waals surface area contributed by atoms with Gasteiger partial charge in [0.15, 0.2) is 0 Å². The highest BCUT2D eigenvalue weighted by atomic mass is 32.1. The number of rotatable bonds is 30. The van der Waals surface area contributed by atoms with Gasteiger partial charge in [0.2, 0.25) is 35.4 Å². The molecular formula is C59H84N8O10S2. The van der Waals surface area contributed by atoms with E-state index in [0.717, 1.165) is 62.7 Å². The maximum atomic E-state index is 13.9. The van der Waals surface area contributed by atoms with Crippen molar-refractivity contribution in [2.75, 3.05) is 65.9 Å². The van der Waals surface area contributed by atoms with E-state index in [1.165, 1.54) is 0 Å². The molecule has 0 bridgehead atoms. The van der Waals surface area contributed by atoms with Gasteiger partial charge in [-0.15, -0.1) is 22.7 Å². The fourth-order valence-corrected chi connectivity index (χ4v) is 11.2. The summed E-state index contributed by atoms with van der Waals surface area (Å²) in [6.45, 7) is 19.4. The van der Waals surface area contributed by atoms with Crippen molar-refractivity contribution in [3.63, 3.8) is 0 Å². The number of nitrogens with one attached hydrogen (secondary N) is 4. The fourth-order valence-electron chi connectivity index (χ4n) is 9.61. The van der Waals surface area contributed by atoms with Crippen LogP contribution in [-0.4, -0.2) is 145 Å². The van der Waals surface area contributed by atoms with E-state index in [4.69, 9.17) is 18.9 Å².